The Morgan fingerprint density at radius 1 is 1.15 bits per heavy atom. The molecule has 0 amide bonds. The predicted octanol–water partition coefficient (Wildman–Crippen LogP) is 2.64. The third-order valence-electron chi connectivity index (χ3n) is 4.42. The second kappa shape index (κ2) is 6.54. The summed E-state index contributed by atoms with van der Waals surface area (Å²) in [6.45, 7) is 5.16. The second-order valence-corrected chi connectivity index (χ2v) is 7.10. The maximum atomic E-state index is 12.4. The van der Waals surface area contributed by atoms with Gasteiger partial charge in [-0.3, -0.25) is 14.6 Å². The third-order valence-corrected chi connectivity index (χ3v) is 5.14. The van der Waals surface area contributed by atoms with Crippen LogP contribution in [0.1, 0.15) is 29.6 Å². The molecule has 0 saturated carbocycles. The first-order valence-corrected chi connectivity index (χ1v) is 8.55. The summed E-state index contributed by atoms with van der Waals surface area (Å²) in [5, 5.41) is 0. The van der Waals surface area contributed by atoms with E-state index in [1.54, 1.807) is 0 Å². The van der Waals surface area contributed by atoms with Crippen molar-refractivity contribution in [2.45, 2.75) is 25.3 Å². The summed E-state index contributed by atoms with van der Waals surface area (Å²) in [5.74, 6) is 0.257. The van der Waals surface area contributed by atoms with Gasteiger partial charge in [-0.05, 0) is 73.6 Å². The maximum Gasteiger partial charge on any atom is 0.176 e. The molecule has 0 N–H and O–H groups in total. The fourth-order valence-corrected chi connectivity index (χ4v) is 3.72. The van der Waals surface area contributed by atoms with E-state index in [2.05, 4.69) is 32.4 Å². The molecule has 2 heterocycles. The van der Waals surface area contributed by atoms with Crippen LogP contribution in [0.4, 0.5) is 0 Å². The van der Waals surface area contributed by atoms with E-state index in [-0.39, 0.29) is 5.78 Å². The van der Waals surface area contributed by atoms with Crippen LogP contribution in [0.15, 0.2) is 24.3 Å². The van der Waals surface area contributed by atoms with Crippen LogP contribution in [0.25, 0.3) is 0 Å². The highest BCUT2D eigenvalue weighted by atomic mass is 127. The van der Waals surface area contributed by atoms with Crippen molar-refractivity contribution in [1.29, 1.82) is 0 Å². The van der Waals surface area contributed by atoms with E-state index in [0.29, 0.717) is 12.6 Å². The Bertz CT molecular complexity index is 474. The van der Waals surface area contributed by atoms with Gasteiger partial charge in [0.15, 0.2) is 5.78 Å². The molecule has 0 aliphatic carbocycles. The Balaban J connectivity index is 1.61. The van der Waals surface area contributed by atoms with Gasteiger partial charge in [0.05, 0.1) is 6.54 Å². The Hall–Kier alpha value is -0.460. The molecule has 4 heteroatoms. The summed E-state index contributed by atoms with van der Waals surface area (Å²) in [6.07, 6.45) is 3.81. The van der Waals surface area contributed by atoms with Crippen molar-refractivity contribution < 1.29 is 4.79 Å². The molecule has 1 aromatic rings. The molecule has 1 atom stereocenters. The van der Waals surface area contributed by atoms with Crippen molar-refractivity contribution in [3.8, 4) is 0 Å². The molecular formula is C16H21IN2O. The van der Waals surface area contributed by atoms with E-state index in [0.717, 1.165) is 18.7 Å². The molecule has 2 saturated heterocycles. The highest BCUT2D eigenvalue weighted by Gasteiger charge is 2.29. The van der Waals surface area contributed by atoms with Crippen LogP contribution in [-0.4, -0.2) is 54.3 Å². The van der Waals surface area contributed by atoms with Gasteiger partial charge in [0.1, 0.15) is 0 Å². The van der Waals surface area contributed by atoms with Crippen molar-refractivity contribution in [2.75, 3.05) is 32.7 Å². The highest BCUT2D eigenvalue weighted by molar-refractivity contribution is 14.1. The molecule has 0 spiro atoms. The molecule has 0 bridgehead atoms. The largest absolute Gasteiger partial charge is 0.299 e. The van der Waals surface area contributed by atoms with Crippen LogP contribution >= 0.6 is 22.6 Å². The monoisotopic (exact) mass is 384 g/mol. The van der Waals surface area contributed by atoms with Crippen LogP contribution in [0.3, 0.4) is 0 Å². The summed E-state index contributed by atoms with van der Waals surface area (Å²) >= 11 is 2.27. The molecule has 0 radical (unpaired) electrons. The molecule has 20 heavy (non-hydrogen) atoms. The Morgan fingerprint density at radius 2 is 1.90 bits per heavy atom. The third kappa shape index (κ3) is 3.40. The van der Waals surface area contributed by atoms with Crippen molar-refractivity contribution in [2.24, 2.45) is 0 Å². The standard InChI is InChI=1S/C16H21IN2O/c17-14-6-4-13(5-7-14)16(20)12-18-8-2-10-19-9-1-3-15(19)11-18/h4-7,15H,1-3,8-12H2. The first kappa shape index (κ1) is 14.5. The Morgan fingerprint density at radius 3 is 2.70 bits per heavy atom. The normalized spacial score (nSPS) is 24.4. The van der Waals surface area contributed by atoms with E-state index < -0.39 is 0 Å². The van der Waals surface area contributed by atoms with Gasteiger partial charge in [-0.2, -0.15) is 0 Å². The molecule has 3 nitrogen and oxygen atoms in total. The summed E-state index contributed by atoms with van der Waals surface area (Å²) in [6, 6.07) is 8.60. The average Bonchev–Trinajstić information content (AvgIpc) is 2.78. The zero-order chi connectivity index (χ0) is 13.9. The molecule has 0 aromatic heterocycles. The van der Waals surface area contributed by atoms with Gasteiger partial charge in [0.25, 0.3) is 0 Å². The first-order chi connectivity index (χ1) is 9.72. The summed E-state index contributed by atoms with van der Waals surface area (Å²) in [7, 11) is 0. The number of halogens is 1. The average molecular weight is 384 g/mol. The minimum Gasteiger partial charge on any atom is -0.299 e. The number of hydrogen-bond acceptors (Lipinski definition) is 3. The number of Topliss-reactive ketones (excluding diaryl/α,β-unsaturated/α-hetero) is 1. The van der Waals surface area contributed by atoms with Gasteiger partial charge in [0.2, 0.25) is 0 Å². The van der Waals surface area contributed by atoms with Crippen LogP contribution in [-0.2, 0) is 0 Å². The minimum absolute atomic E-state index is 0.257. The number of benzene rings is 1. The number of nitrogens with zero attached hydrogens (tertiary/aromatic N) is 2. The molecule has 2 aliphatic heterocycles. The lowest BCUT2D eigenvalue weighted by Gasteiger charge is -2.25. The first-order valence-electron chi connectivity index (χ1n) is 7.47. The van der Waals surface area contributed by atoms with Crippen molar-refractivity contribution in [3.63, 3.8) is 0 Å². The molecule has 1 aromatic carbocycles. The van der Waals surface area contributed by atoms with Crippen molar-refractivity contribution in [3.05, 3.63) is 33.4 Å². The van der Waals surface area contributed by atoms with Crippen LogP contribution in [0.5, 0.6) is 0 Å². The molecule has 2 aliphatic rings. The lowest BCUT2D eigenvalue weighted by Crippen LogP contribution is -2.38. The number of rotatable bonds is 3. The van der Waals surface area contributed by atoms with Gasteiger partial charge in [-0.25, -0.2) is 0 Å². The zero-order valence-electron chi connectivity index (χ0n) is 11.7. The number of carbonyl (C=O) groups excluding carboxylic acids is 1. The van der Waals surface area contributed by atoms with Gasteiger partial charge >= 0.3 is 0 Å². The number of hydrogen-bond donors (Lipinski definition) is 0. The van der Waals surface area contributed by atoms with Crippen molar-refractivity contribution >= 4 is 28.4 Å². The SMILES string of the molecule is O=C(CN1CCCN2CCCC2C1)c1ccc(I)cc1. The van der Waals surface area contributed by atoms with E-state index >= 15 is 0 Å². The predicted molar refractivity (Wildman–Crippen MR) is 89.1 cm³/mol. The molecular weight excluding hydrogens is 363 g/mol. The molecule has 2 fully saturated rings. The van der Waals surface area contributed by atoms with E-state index in [1.807, 2.05) is 24.3 Å². The highest BCUT2D eigenvalue weighted by Crippen LogP contribution is 2.21. The summed E-state index contributed by atoms with van der Waals surface area (Å²) < 4.78 is 1.18. The molecule has 1 unspecified atom stereocenters. The lowest BCUT2D eigenvalue weighted by molar-refractivity contribution is 0.0925. The zero-order valence-corrected chi connectivity index (χ0v) is 13.9. The smallest absolute Gasteiger partial charge is 0.176 e. The van der Waals surface area contributed by atoms with Gasteiger partial charge in [0, 0.05) is 21.7 Å². The summed E-state index contributed by atoms with van der Waals surface area (Å²) in [4.78, 5) is 17.3. The van der Waals surface area contributed by atoms with E-state index in [9.17, 15) is 4.79 Å². The van der Waals surface area contributed by atoms with Crippen LogP contribution < -0.4 is 0 Å². The van der Waals surface area contributed by atoms with Gasteiger partial charge < -0.3 is 0 Å². The van der Waals surface area contributed by atoms with Gasteiger partial charge in [-0.1, -0.05) is 12.1 Å². The quantitative estimate of drug-likeness (QED) is 0.592. The summed E-state index contributed by atoms with van der Waals surface area (Å²) in [5.41, 5.74) is 0.845. The second-order valence-electron chi connectivity index (χ2n) is 5.85. The fourth-order valence-electron chi connectivity index (χ4n) is 3.36. The minimum atomic E-state index is 0.257. The number of carbonyl (C=O) groups is 1. The maximum absolute atomic E-state index is 12.4. The Kier molecular flexibility index (Phi) is 4.73. The van der Waals surface area contributed by atoms with Crippen LogP contribution in [0.2, 0.25) is 0 Å². The number of ketones is 1. The lowest BCUT2D eigenvalue weighted by atomic mass is 10.1. The topological polar surface area (TPSA) is 23.6 Å². The molecule has 108 valence electrons. The molecule has 3 rings (SSSR count). The van der Waals surface area contributed by atoms with Crippen LogP contribution in [0, 0.1) is 3.57 Å². The van der Waals surface area contributed by atoms with E-state index in [4.69, 9.17) is 0 Å². The Labute approximate surface area is 134 Å². The number of fused-ring (bicyclic) bond motifs is 1. The fraction of sp³-hybridized carbons (Fsp3) is 0.562. The van der Waals surface area contributed by atoms with Gasteiger partial charge in [-0.15, -0.1) is 0 Å². The van der Waals surface area contributed by atoms with Crippen molar-refractivity contribution in [1.82, 2.24) is 9.80 Å². The van der Waals surface area contributed by atoms with E-state index in [1.165, 1.54) is 35.9 Å².